The minimum Gasteiger partial charge on any atom is -0.497 e. The summed E-state index contributed by atoms with van der Waals surface area (Å²) in [6.45, 7) is 0. The SMILES string of the molecule is COc1ccc(CSc2nc3ccc(NC(=O)c4ccc(Cl)cc4)cc3s2)cc1. The molecule has 4 nitrogen and oxygen atoms in total. The Labute approximate surface area is 181 Å². The Bertz CT molecular complexity index is 1140. The lowest BCUT2D eigenvalue weighted by Gasteiger charge is -2.05. The standard InChI is InChI=1S/C22H17ClN2O2S2/c1-27-18-9-2-14(3-10-18)13-28-22-25-19-11-8-17(12-20(19)29-22)24-21(26)15-4-6-16(23)7-5-15/h2-12H,13H2,1H3,(H,24,26). The number of carbonyl (C=O) groups excluding carboxylic acids is 1. The highest BCUT2D eigenvalue weighted by Gasteiger charge is 2.09. The van der Waals surface area contributed by atoms with Gasteiger partial charge < -0.3 is 10.1 Å². The van der Waals surface area contributed by atoms with Crippen molar-refractivity contribution >= 4 is 56.5 Å². The summed E-state index contributed by atoms with van der Waals surface area (Å²) in [6, 6.07) is 20.6. The Kier molecular flexibility index (Phi) is 6.04. The molecule has 4 aromatic rings. The predicted molar refractivity (Wildman–Crippen MR) is 122 cm³/mol. The number of thiazole rings is 1. The molecule has 29 heavy (non-hydrogen) atoms. The van der Waals surface area contributed by atoms with Crippen LogP contribution in [0.3, 0.4) is 0 Å². The summed E-state index contributed by atoms with van der Waals surface area (Å²) < 4.78 is 7.23. The van der Waals surface area contributed by atoms with Crippen molar-refractivity contribution < 1.29 is 9.53 Å². The molecule has 0 aliphatic heterocycles. The number of thioether (sulfide) groups is 1. The van der Waals surface area contributed by atoms with E-state index in [2.05, 4.69) is 22.4 Å². The zero-order valence-electron chi connectivity index (χ0n) is 15.5. The minimum absolute atomic E-state index is 0.167. The maximum Gasteiger partial charge on any atom is 0.255 e. The number of nitrogens with one attached hydrogen (secondary N) is 1. The summed E-state index contributed by atoms with van der Waals surface area (Å²) in [5.74, 6) is 1.52. The summed E-state index contributed by atoms with van der Waals surface area (Å²) in [6.07, 6.45) is 0. The van der Waals surface area contributed by atoms with Crippen LogP contribution in [0.5, 0.6) is 5.75 Å². The Morgan fingerprint density at radius 1 is 1.10 bits per heavy atom. The van der Waals surface area contributed by atoms with Crippen molar-refractivity contribution in [1.82, 2.24) is 4.98 Å². The second-order valence-electron chi connectivity index (χ2n) is 6.26. The molecule has 0 unspecified atom stereocenters. The number of nitrogens with zero attached hydrogens (tertiary/aromatic N) is 1. The highest BCUT2D eigenvalue weighted by molar-refractivity contribution is 8.00. The molecule has 0 radical (unpaired) electrons. The van der Waals surface area contributed by atoms with Gasteiger partial charge in [0.05, 0.1) is 17.3 Å². The average molecular weight is 441 g/mol. The van der Waals surface area contributed by atoms with Crippen LogP contribution in [-0.4, -0.2) is 18.0 Å². The molecule has 0 bridgehead atoms. The van der Waals surface area contributed by atoms with E-state index < -0.39 is 0 Å². The van der Waals surface area contributed by atoms with Crippen molar-refractivity contribution in [2.45, 2.75) is 10.1 Å². The summed E-state index contributed by atoms with van der Waals surface area (Å²) in [5.41, 5.74) is 3.45. The first-order valence-corrected chi connectivity index (χ1v) is 11.0. The Balaban J connectivity index is 1.44. The van der Waals surface area contributed by atoms with Crippen molar-refractivity contribution in [1.29, 1.82) is 0 Å². The molecule has 0 aliphatic rings. The Morgan fingerprint density at radius 2 is 1.86 bits per heavy atom. The van der Waals surface area contributed by atoms with Crippen LogP contribution in [0.2, 0.25) is 5.02 Å². The van der Waals surface area contributed by atoms with Crippen LogP contribution >= 0.6 is 34.7 Å². The second kappa shape index (κ2) is 8.86. The molecule has 4 rings (SSSR count). The van der Waals surface area contributed by atoms with Gasteiger partial charge in [0.1, 0.15) is 5.75 Å². The lowest BCUT2D eigenvalue weighted by molar-refractivity contribution is 0.102. The van der Waals surface area contributed by atoms with Crippen LogP contribution in [0.25, 0.3) is 10.2 Å². The van der Waals surface area contributed by atoms with Crippen molar-refractivity contribution in [3.05, 3.63) is 82.9 Å². The largest absolute Gasteiger partial charge is 0.497 e. The Hall–Kier alpha value is -2.54. The van der Waals surface area contributed by atoms with Crippen molar-refractivity contribution in [3.63, 3.8) is 0 Å². The van der Waals surface area contributed by atoms with Gasteiger partial charge in [-0.15, -0.1) is 11.3 Å². The van der Waals surface area contributed by atoms with Crippen molar-refractivity contribution in [2.24, 2.45) is 0 Å². The molecule has 146 valence electrons. The number of aromatic nitrogens is 1. The van der Waals surface area contributed by atoms with E-state index in [0.717, 1.165) is 31.7 Å². The number of methoxy groups -OCH3 is 1. The monoisotopic (exact) mass is 440 g/mol. The highest BCUT2D eigenvalue weighted by Crippen LogP contribution is 2.33. The molecule has 3 aromatic carbocycles. The zero-order valence-corrected chi connectivity index (χ0v) is 17.9. The number of benzene rings is 3. The Morgan fingerprint density at radius 3 is 2.59 bits per heavy atom. The smallest absolute Gasteiger partial charge is 0.255 e. The first-order valence-electron chi connectivity index (χ1n) is 8.84. The molecule has 0 spiro atoms. The number of rotatable bonds is 6. The highest BCUT2D eigenvalue weighted by atomic mass is 35.5. The number of halogens is 1. The van der Waals surface area contributed by atoms with Gasteiger partial charge in [0.25, 0.3) is 5.91 Å². The van der Waals surface area contributed by atoms with E-state index in [1.54, 1.807) is 54.5 Å². The average Bonchev–Trinajstić information content (AvgIpc) is 3.15. The number of hydrogen-bond donors (Lipinski definition) is 1. The van der Waals surface area contributed by atoms with Gasteiger partial charge in [-0.05, 0) is 60.2 Å². The maximum atomic E-state index is 12.4. The molecule has 0 saturated carbocycles. The van der Waals surface area contributed by atoms with E-state index in [1.165, 1.54) is 5.56 Å². The molecule has 1 aromatic heterocycles. The van der Waals surface area contributed by atoms with Crippen LogP contribution in [0, 0.1) is 0 Å². The summed E-state index contributed by atoms with van der Waals surface area (Å²) in [5, 5.41) is 3.53. The topological polar surface area (TPSA) is 51.2 Å². The lowest BCUT2D eigenvalue weighted by Crippen LogP contribution is -2.11. The molecule has 1 N–H and O–H groups in total. The molecule has 1 amide bonds. The van der Waals surface area contributed by atoms with E-state index in [9.17, 15) is 4.79 Å². The van der Waals surface area contributed by atoms with Gasteiger partial charge in [-0.25, -0.2) is 4.98 Å². The third kappa shape index (κ3) is 4.90. The van der Waals surface area contributed by atoms with Gasteiger partial charge >= 0.3 is 0 Å². The molecule has 1 heterocycles. The molecule has 7 heteroatoms. The predicted octanol–water partition coefficient (Wildman–Crippen LogP) is 6.50. The first kappa shape index (κ1) is 19.8. The maximum absolute atomic E-state index is 12.4. The van der Waals surface area contributed by atoms with E-state index in [0.29, 0.717) is 10.6 Å². The quantitative estimate of drug-likeness (QED) is 0.347. The van der Waals surface area contributed by atoms with Gasteiger partial charge in [0.2, 0.25) is 0 Å². The number of hydrogen-bond acceptors (Lipinski definition) is 5. The first-order chi connectivity index (χ1) is 14.1. The van der Waals surface area contributed by atoms with Gasteiger partial charge in [-0.1, -0.05) is 35.5 Å². The summed E-state index contributed by atoms with van der Waals surface area (Å²) in [4.78, 5) is 17.1. The fourth-order valence-corrected chi connectivity index (χ4v) is 4.90. The van der Waals surface area contributed by atoms with E-state index in [-0.39, 0.29) is 5.91 Å². The number of anilines is 1. The second-order valence-corrected chi connectivity index (χ2v) is 8.95. The molecular weight excluding hydrogens is 424 g/mol. The lowest BCUT2D eigenvalue weighted by atomic mass is 10.2. The van der Waals surface area contributed by atoms with Gasteiger partial charge in [0, 0.05) is 22.0 Å². The number of amides is 1. The fourth-order valence-electron chi connectivity index (χ4n) is 2.71. The summed E-state index contributed by atoms with van der Waals surface area (Å²) in [7, 11) is 1.66. The number of ether oxygens (including phenoxy) is 1. The molecular formula is C22H17ClN2O2S2. The van der Waals surface area contributed by atoms with Gasteiger partial charge in [-0.2, -0.15) is 0 Å². The van der Waals surface area contributed by atoms with Crippen molar-refractivity contribution in [3.8, 4) is 5.75 Å². The third-order valence-electron chi connectivity index (χ3n) is 4.25. The van der Waals surface area contributed by atoms with Crippen LogP contribution in [0.15, 0.2) is 71.1 Å². The molecule has 0 saturated heterocycles. The molecule has 0 atom stereocenters. The van der Waals surface area contributed by atoms with Gasteiger partial charge in [0.15, 0.2) is 4.34 Å². The van der Waals surface area contributed by atoms with Gasteiger partial charge in [-0.3, -0.25) is 4.79 Å². The molecule has 0 fully saturated rings. The minimum atomic E-state index is -0.167. The van der Waals surface area contributed by atoms with E-state index in [4.69, 9.17) is 16.3 Å². The third-order valence-corrected chi connectivity index (χ3v) is 6.74. The fraction of sp³-hybridized carbons (Fsp3) is 0.0909. The molecule has 0 aliphatic carbocycles. The summed E-state index contributed by atoms with van der Waals surface area (Å²) >= 11 is 9.20. The van der Waals surface area contributed by atoms with Crippen LogP contribution < -0.4 is 10.1 Å². The number of carbonyl (C=O) groups is 1. The zero-order chi connectivity index (χ0) is 20.2. The number of fused-ring (bicyclic) bond motifs is 1. The van der Waals surface area contributed by atoms with Crippen LogP contribution in [-0.2, 0) is 5.75 Å². The van der Waals surface area contributed by atoms with E-state index >= 15 is 0 Å². The normalized spacial score (nSPS) is 10.8. The van der Waals surface area contributed by atoms with Crippen LogP contribution in [0.4, 0.5) is 5.69 Å². The van der Waals surface area contributed by atoms with Crippen LogP contribution in [0.1, 0.15) is 15.9 Å². The van der Waals surface area contributed by atoms with Crippen molar-refractivity contribution in [2.75, 3.05) is 12.4 Å². The van der Waals surface area contributed by atoms with E-state index in [1.807, 2.05) is 30.3 Å².